The van der Waals surface area contributed by atoms with Gasteiger partial charge < -0.3 is 5.11 Å². The predicted molar refractivity (Wildman–Crippen MR) is 93.8 cm³/mol. The molecule has 0 radical (unpaired) electrons. The molecule has 2 unspecified atom stereocenters. The van der Waals surface area contributed by atoms with Crippen LogP contribution in [0.15, 0.2) is 23.8 Å². The molecule has 0 fully saturated rings. The highest BCUT2D eigenvalue weighted by molar-refractivity contribution is 14.1. The van der Waals surface area contributed by atoms with E-state index in [1.165, 1.54) is 29.5 Å². The number of phenols is 1. The first-order chi connectivity index (χ1) is 9.98. The lowest BCUT2D eigenvalue weighted by Crippen LogP contribution is -2.34. The summed E-state index contributed by atoms with van der Waals surface area (Å²) in [5.41, 5.74) is 4.72. The lowest BCUT2D eigenvalue weighted by atomic mass is 9.67. The minimum Gasteiger partial charge on any atom is -0.508 e. The van der Waals surface area contributed by atoms with Gasteiger partial charge in [0, 0.05) is 5.41 Å². The van der Waals surface area contributed by atoms with Crippen LogP contribution in [0.1, 0.15) is 50.7 Å². The van der Waals surface area contributed by atoms with Crippen LogP contribution in [0.3, 0.4) is 0 Å². The summed E-state index contributed by atoms with van der Waals surface area (Å²) in [5, 5.41) is 9.78. The van der Waals surface area contributed by atoms with Crippen LogP contribution in [-0.4, -0.2) is 14.8 Å². The number of alkyl halides is 1. The number of halogens is 1. The highest BCUT2D eigenvalue weighted by Gasteiger charge is 2.48. The number of fused-ring (bicyclic) bond motifs is 3. The zero-order chi connectivity index (χ0) is 15.2. The Morgan fingerprint density at radius 3 is 2.90 bits per heavy atom. The van der Waals surface area contributed by atoms with Crippen LogP contribution in [0.25, 0.3) is 5.57 Å². The smallest absolute Gasteiger partial charge is 0.171 e. The predicted octanol–water partition coefficient (Wildman–Crippen LogP) is 4.67. The second-order valence-electron chi connectivity index (χ2n) is 6.44. The Kier molecular flexibility index (Phi) is 3.89. The largest absolute Gasteiger partial charge is 0.508 e. The Hall–Kier alpha value is -0.840. The van der Waals surface area contributed by atoms with E-state index in [2.05, 4.69) is 29.5 Å². The minimum atomic E-state index is 0.0890. The van der Waals surface area contributed by atoms with Gasteiger partial charge in [0.05, 0.1) is 3.92 Å². The lowest BCUT2D eigenvalue weighted by molar-refractivity contribution is -0.115. The molecule has 0 aromatic heterocycles. The summed E-state index contributed by atoms with van der Waals surface area (Å²) in [6, 6.07) is 5.63. The Balaban J connectivity index is 2.17. The first-order valence-corrected chi connectivity index (χ1v) is 8.95. The molecule has 0 spiro atoms. The minimum absolute atomic E-state index is 0.0890. The summed E-state index contributed by atoms with van der Waals surface area (Å²) in [6.07, 6.45) is 5.41. The molecule has 1 aromatic carbocycles. The molecule has 3 heteroatoms. The van der Waals surface area contributed by atoms with E-state index in [1.807, 2.05) is 19.1 Å². The topological polar surface area (TPSA) is 37.3 Å². The number of allylic oxidation sites excluding steroid dienone is 2. The zero-order valence-corrected chi connectivity index (χ0v) is 14.7. The molecule has 2 aliphatic rings. The number of aromatic hydroxyl groups is 1. The third kappa shape index (κ3) is 2.33. The fraction of sp³-hybridized carbons (Fsp3) is 0.500. The normalized spacial score (nSPS) is 27.8. The number of Topliss-reactive ketones (excluding diaryl/α,β-unsaturated/α-hetero) is 1. The summed E-state index contributed by atoms with van der Waals surface area (Å²) in [6.45, 7) is 4.21. The molecule has 0 saturated heterocycles. The Morgan fingerprint density at radius 2 is 2.19 bits per heavy atom. The average molecular weight is 396 g/mol. The highest BCUT2D eigenvalue weighted by atomic mass is 127. The number of phenolic OH excluding ortho intramolecular Hbond substituents is 1. The van der Waals surface area contributed by atoms with E-state index in [9.17, 15) is 9.90 Å². The summed E-state index contributed by atoms with van der Waals surface area (Å²) in [7, 11) is 0. The van der Waals surface area contributed by atoms with Crippen LogP contribution in [0.4, 0.5) is 0 Å². The Labute approximate surface area is 139 Å². The zero-order valence-electron chi connectivity index (χ0n) is 12.6. The van der Waals surface area contributed by atoms with Crippen LogP contribution in [0.2, 0.25) is 0 Å². The van der Waals surface area contributed by atoms with Crippen molar-refractivity contribution in [1.29, 1.82) is 0 Å². The molecule has 0 heterocycles. The standard InChI is InChI=1S/C18H21IO2/c1-3-4-7-18-9-12-8-13(20)5-6-14(12)16(18)11(2)17(21)15(19)10-18/h5-6,8,15,20H,3-4,7,9-10H2,1-2H3. The Bertz CT molecular complexity index is 632. The number of carbonyl (C=O) groups is 1. The highest BCUT2D eigenvalue weighted by Crippen LogP contribution is 2.57. The van der Waals surface area contributed by atoms with Crippen LogP contribution < -0.4 is 0 Å². The molecule has 112 valence electrons. The van der Waals surface area contributed by atoms with Crippen molar-refractivity contribution in [2.24, 2.45) is 5.41 Å². The third-order valence-corrected chi connectivity index (χ3v) is 6.03. The molecule has 2 atom stereocenters. The number of hydrogen-bond donors (Lipinski definition) is 1. The van der Waals surface area contributed by atoms with Crippen molar-refractivity contribution >= 4 is 33.9 Å². The maximum atomic E-state index is 12.4. The summed E-state index contributed by atoms with van der Waals surface area (Å²) in [4.78, 5) is 12.4. The van der Waals surface area contributed by atoms with Crippen molar-refractivity contribution in [3.05, 3.63) is 34.9 Å². The van der Waals surface area contributed by atoms with Gasteiger partial charge in [0.15, 0.2) is 5.78 Å². The van der Waals surface area contributed by atoms with E-state index in [4.69, 9.17) is 0 Å². The van der Waals surface area contributed by atoms with Crippen LogP contribution >= 0.6 is 22.6 Å². The number of carbonyl (C=O) groups excluding carboxylic acids is 1. The van der Waals surface area contributed by atoms with Crippen molar-refractivity contribution in [2.45, 2.75) is 49.9 Å². The molecule has 1 aromatic rings. The van der Waals surface area contributed by atoms with Gasteiger partial charge >= 0.3 is 0 Å². The number of unbranched alkanes of at least 4 members (excludes halogenated alkanes) is 1. The molecule has 0 bridgehead atoms. The number of rotatable bonds is 3. The molecule has 2 nitrogen and oxygen atoms in total. The number of hydrogen-bond acceptors (Lipinski definition) is 2. The molecule has 0 amide bonds. The first-order valence-electron chi connectivity index (χ1n) is 7.70. The van der Waals surface area contributed by atoms with Crippen molar-refractivity contribution in [2.75, 3.05) is 0 Å². The van der Waals surface area contributed by atoms with Gasteiger partial charge in [-0.3, -0.25) is 4.79 Å². The maximum absolute atomic E-state index is 12.4. The monoisotopic (exact) mass is 396 g/mol. The molecule has 0 aliphatic heterocycles. The second-order valence-corrected chi connectivity index (χ2v) is 7.94. The third-order valence-electron chi connectivity index (χ3n) is 5.03. The van der Waals surface area contributed by atoms with Crippen LogP contribution in [0, 0.1) is 5.41 Å². The van der Waals surface area contributed by atoms with Gasteiger partial charge in [-0.2, -0.15) is 0 Å². The molecule has 3 rings (SSSR count). The van der Waals surface area contributed by atoms with Crippen molar-refractivity contribution in [3.63, 3.8) is 0 Å². The summed E-state index contributed by atoms with van der Waals surface area (Å²) in [5.74, 6) is 0.618. The van der Waals surface area contributed by atoms with Crippen LogP contribution in [-0.2, 0) is 11.2 Å². The van der Waals surface area contributed by atoms with Crippen LogP contribution in [0.5, 0.6) is 5.75 Å². The SMILES string of the molecule is CCCCC12Cc3cc(O)ccc3C1=C(C)C(=O)C(I)C2. The van der Waals surface area contributed by atoms with E-state index >= 15 is 0 Å². The first kappa shape index (κ1) is 15.1. The van der Waals surface area contributed by atoms with E-state index in [1.54, 1.807) is 6.07 Å². The Morgan fingerprint density at radius 1 is 1.43 bits per heavy atom. The van der Waals surface area contributed by atoms with Gasteiger partial charge in [-0.25, -0.2) is 0 Å². The fourth-order valence-electron chi connectivity index (χ4n) is 4.11. The molecule has 2 aliphatic carbocycles. The van der Waals surface area contributed by atoms with Gasteiger partial charge in [0.25, 0.3) is 0 Å². The quantitative estimate of drug-likeness (QED) is 0.596. The van der Waals surface area contributed by atoms with Gasteiger partial charge in [-0.05, 0) is 60.6 Å². The molecular weight excluding hydrogens is 375 g/mol. The summed E-state index contributed by atoms with van der Waals surface area (Å²) >= 11 is 2.31. The average Bonchev–Trinajstić information content (AvgIpc) is 2.76. The lowest BCUT2D eigenvalue weighted by Gasteiger charge is -2.38. The van der Waals surface area contributed by atoms with Crippen molar-refractivity contribution in [3.8, 4) is 5.75 Å². The summed E-state index contributed by atoms with van der Waals surface area (Å²) < 4.78 is 0.0890. The van der Waals surface area contributed by atoms with E-state index < -0.39 is 0 Å². The van der Waals surface area contributed by atoms with E-state index in [0.717, 1.165) is 24.8 Å². The van der Waals surface area contributed by atoms with Gasteiger partial charge in [-0.1, -0.05) is 48.4 Å². The number of ketones is 1. The van der Waals surface area contributed by atoms with Gasteiger partial charge in [0.1, 0.15) is 5.75 Å². The van der Waals surface area contributed by atoms with Crippen molar-refractivity contribution < 1.29 is 9.90 Å². The second kappa shape index (κ2) is 5.41. The number of benzene rings is 1. The maximum Gasteiger partial charge on any atom is 0.171 e. The van der Waals surface area contributed by atoms with E-state index in [0.29, 0.717) is 11.5 Å². The molecular formula is C18H21IO2. The van der Waals surface area contributed by atoms with Gasteiger partial charge in [0.2, 0.25) is 0 Å². The fourth-order valence-corrected chi connectivity index (χ4v) is 5.42. The molecule has 0 saturated carbocycles. The molecule has 1 N–H and O–H groups in total. The molecule has 21 heavy (non-hydrogen) atoms. The van der Waals surface area contributed by atoms with Gasteiger partial charge in [-0.15, -0.1) is 0 Å². The van der Waals surface area contributed by atoms with E-state index in [-0.39, 0.29) is 9.34 Å². The van der Waals surface area contributed by atoms with Crippen molar-refractivity contribution in [1.82, 2.24) is 0 Å².